The molecule has 0 spiro atoms. The molecule has 116 valence electrons. The molecule has 1 aromatic heterocycles. The second-order valence-electron chi connectivity index (χ2n) is 5.07. The number of morpholine rings is 1. The summed E-state index contributed by atoms with van der Waals surface area (Å²) in [5, 5.41) is 24.2. The van der Waals surface area contributed by atoms with Gasteiger partial charge in [-0.05, 0) is 18.2 Å². The number of benzene rings is 1. The molecular formula is C15H15N7O. The summed E-state index contributed by atoms with van der Waals surface area (Å²) in [5.74, 6) is 0.625. The van der Waals surface area contributed by atoms with E-state index in [0.29, 0.717) is 31.1 Å². The molecule has 23 heavy (non-hydrogen) atoms. The van der Waals surface area contributed by atoms with Crippen molar-refractivity contribution in [1.29, 1.82) is 16.2 Å². The van der Waals surface area contributed by atoms with Gasteiger partial charge in [0.15, 0.2) is 11.3 Å². The lowest BCUT2D eigenvalue weighted by atomic mass is 10.0. The maximum absolute atomic E-state index is 9.24. The molecule has 0 bridgehead atoms. The second-order valence-corrected chi connectivity index (χ2v) is 5.07. The van der Waals surface area contributed by atoms with Crippen molar-refractivity contribution in [3.05, 3.63) is 53.0 Å². The second kappa shape index (κ2) is 6.37. The van der Waals surface area contributed by atoms with Gasteiger partial charge >= 0.3 is 0 Å². The van der Waals surface area contributed by atoms with Crippen LogP contribution in [-0.2, 0) is 4.74 Å². The van der Waals surface area contributed by atoms with Gasteiger partial charge in [-0.1, -0.05) is 23.4 Å². The van der Waals surface area contributed by atoms with Crippen LogP contribution in [-0.4, -0.2) is 29.6 Å². The van der Waals surface area contributed by atoms with Crippen molar-refractivity contribution in [3.63, 3.8) is 0 Å². The van der Waals surface area contributed by atoms with Gasteiger partial charge in [-0.15, -0.1) is 9.89 Å². The molecule has 0 aliphatic carbocycles. The fourth-order valence-corrected chi connectivity index (χ4v) is 2.57. The van der Waals surface area contributed by atoms with E-state index in [-0.39, 0.29) is 11.6 Å². The van der Waals surface area contributed by atoms with Crippen molar-refractivity contribution in [1.82, 2.24) is 9.89 Å². The largest absolute Gasteiger partial charge is 0.370 e. The molecule has 1 saturated heterocycles. The third-order valence-electron chi connectivity index (χ3n) is 3.72. The predicted molar refractivity (Wildman–Crippen MR) is 80.7 cm³/mol. The molecule has 1 atom stereocenters. The number of hydrogen-bond acceptors (Lipinski definition) is 7. The minimum atomic E-state index is -0.224. The quantitative estimate of drug-likeness (QED) is 0.838. The average Bonchev–Trinajstić information content (AvgIpc) is 2.62. The monoisotopic (exact) mass is 309 g/mol. The normalized spacial score (nSPS) is 17.5. The topological polar surface area (TPSA) is 114 Å². The van der Waals surface area contributed by atoms with Crippen LogP contribution in [0.1, 0.15) is 17.2 Å². The Morgan fingerprint density at radius 3 is 2.91 bits per heavy atom. The third-order valence-corrected chi connectivity index (χ3v) is 3.72. The molecule has 2 aromatic rings. The first-order valence-corrected chi connectivity index (χ1v) is 7.11. The fraction of sp³-hybridized carbons (Fsp3) is 0.267. The number of hydrogen-bond donors (Lipinski definition) is 2. The zero-order valence-corrected chi connectivity index (χ0v) is 12.3. The van der Waals surface area contributed by atoms with E-state index in [1.807, 2.05) is 23.1 Å². The van der Waals surface area contributed by atoms with Crippen molar-refractivity contribution in [2.24, 2.45) is 5.22 Å². The maximum atomic E-state index is 9.24. The maximum Gasteiger partial charge on any atom is 0.168 e. The Labute approximate surface area is 132 Å². The summed E-state index contributed by atoms with van der Waals surface area (Å²) in [6.45, 7) is 1.70. The zero-order valence-electron chi connectivity index (χ0n) is 12.3. The lowest BCUT2D eigenvalue weighted by Crippen LogP contribution is -2.40. The molecular weight excluding hydrogens is 294 g/mol. The molecule has 0 amide bonds. The summed E-state index contributed by atoms with van der Waals surface area (Å²) >= 11 is 0. The molecule has 3 rings (SSSR count). The van der Waals surface area contributed by atoms with Crippen molar-refractivity contribution in [3.8, 4) is 6.07 Å². The van der Waals surface area contributed by atoms with E-state index in [1.54, 1.807) is 18.2 Å². The van der Waals surface area contributed by atoms with E-state index in [1.165, 1.54) is 0 Å². The molecule has 1 aromatic carbocycles. The van der Waals surface area contributed by atoms with Crippen LogP contribution in [0.25, 0.3) is 0 Å². The molecule has 1 fully saturated rings. The minimum absolute atomic E-state index is 0.0448. The number of rotatable bonds is 3. The van der Waals surface area contributed by atoms with Gasteiger partial charge in [-0.2, -0.15) is 10.8 Å². The molecule has 1 unspecified atom stereocenters. The Kier molecular flexibility index (Phi) is 4.12. The summed E-state index contributed by atoms with van der Waals surface area (Å²) in [4.78, 5) is 2.96. The third kappa shape index (κ3) is 2.95. The molecule has 2 heterocycles. The fourth-order valence-electron chi connectivity index (χ4n) is 2.57. The summed E-state index contributed by atoms with van der Waals surface area (Å²) < 4.78 is 5.81. The molecule has 8 nitrogen and oxygen atoms in total. The molecule has 2 N–H and O–H groups in total. The highest BCUT2D eigenvalue weighted by atomic mass is 16.5. The van der Waals surface area contributed by atoms with Crippen LogP contribution in [0.3, 0.4) is 0 Å². The molecule has 1 aliphatic heterocycles. The lowest BCUT2D eigenvalue weighted by molar-refractivity contribution is 0.0392. The van der Waals surface area contributed by atoms with Crippen molar-refractivity contribution < 1.29 is 4.74 Å². The van der Waals surface area contributed by atoms with Gasteiger partial charge in [0, 0.05) is 18.7 Å². The Balaban J connectivity index is 1.88. The summed E-state index contributed by atoms with van der Waals surface area (Å²) in [6, 6.07) is 12.9. The number of ether oxygens (including phenoxy) is 1. The Morgan fingerprint density at radius 1 is 1.30 bits per heavy atom. The molecule has 0 radical (unpaired) electrons. The summed E-state index contributed by atoms with van der Waals surface area (Å²) in [5.41, 5.74) is 8.55. The summed E-state index contributed by atoms with van der Waals surface area (Å²) in [7, 11) is 0. The van der Waals surface area contributed by atoms with Gasteiger partial charge in [-0.3, -0.25) is 5.41 Å². The van der Waals surface area contributed by atoms with E-state index >= 15 is 0 Å². The van der Waals surface area contributed by atoms with Gasteiger partial charge in [0.1, 0.15) is 6.10 Å². The van der Waals surface area contributed by atoms with Crippen molar-refractivity contribution in [2.75, 3.05) is 24.6 Å². The zero-order chi connectivity index (χ0) is 16.2. The van der Waals surface area contributed by atoms with E-state index in [4.69, 9.17) is 15.7 Å². The highest BCUT2D eigenvalue weighted by Gasteiger charge is 2.25. The highest BCUT2D eigenvalue weighted by Crippen LogP contribution is 2.26. The number of nitriles is 1. The van der Waals surface area contributed by atoms with Crippen LogP contribution in [0.4, 0.5) is 5.82 Å². The van der Waals surface area contributed by atoms with Crippen molar-refractivity contribution in [2.45, 2.75) is 6.10 Å². The molecule has 8 heteroatoms. The van der Waals surface area contributed by atoms with Crippen LogP contribution in [0.15, 0.2) is 41.6 Å². The molecule has 0 saturated carbocycles. The minimum Gasteiger partial charge on any atom is -0.370 e. The first-order chi connectivity index (χ1) is 11.2. The van der Waals surface area contributed by atoms with E-state index in [2.05, 4.69) is 16.4 Å². The SMILES string of the molecule is N#Cc1ccccc1C1CN(c2ccc(=N)n(N=N)n2)CCO1. The van der Waals surface area contributed by atoms with Crippen LogP contribution in [0, 0.1) is 22.3 Å². The predicted octanol–water partition coefficient (Wildman–Crippen LogP) is 1.61. The van der Waals surface area contributed by atoms with Gasteiger partial charge in [0.2, 0.25) is 0 Å². The van der Waals surface area contributed by atoms with Gasteiger partial charge in [0.05, 0.1) is 18.2 Å². The Hall–Kier alpha value is -3.05. The van der Waals surface area contributed by atoms with E-state index in [0.717, 1.165) is 10.4 Å². The number of nitrogens with one attached hydrogen (secondary N) is 2. The summed E-state index contributed by atoms with van der Waals surface area (Å²) in [6.07, 6.45) is -0.224. The Morgan fingerprint density at radius 2 is 2.13 bits per heavy atom. The number of nitrogens with zero attached hydrogens (tertiary/aromatic N) is 5. The number of anilines is 1. The van der Waals surface area contributed by atoms with Crippen LogP contribution >= 0.6 is 0 Å². The standard InChI is InChI=1S/C15H15N7O/c16-9-11-3-1-2-4-12(11)13-10-21(7-8-23-13)15-6-5-14(17)22(19-15)20-18/h1-6,13,17-18H,7-8,10H2. The Bertz CT molecular complexity index is 823. The van der Waals surface area contributed by atoms with Crippen LogP contribution in [0.2, 0.25) is 0 Å². The first kappa shape index (κ1) is 14.9. The van der Waals surface area contributed by atoms with E-state index in [9.17, 15) is 5.26 Å². The van der Waals surface area contributed by atoms with E-state index < -0.39 is 0 Å². The lowest BCUT2D eigenvalue weighted by Gasteiger charge is -2.34. The van der Waals surface area contributed by atoms with Gasteiger partial charge < -0.3 is 9.64 Å². The first-order valence-electron chi connectivity index (χ1n) is 7.11. The van der Waals surface area contributed by atoms with Gasteiger partial charge in [-0.25, -0.2) is 0 Å². The van der Waals surface area contributed by atoms with Crippen LogP contribution < -0.4 is 10.4 Å². The van der Waals surface area contributed by atoms with Gasteiger partial charge in [0.25, 0.3) is 0 Å². The van der Waals surface area contributed by atoms with Crippen molar-refractivity contribution >= 4 is 5.82 Å². The number of aromatic nitrogens is 2. The highest BCUT2D eigenvalue weighted by molar-refractivity contribution is 5.42. The van der Waals surface area contributed by atoms with Crippen LogP contribution in [0.5, 0.6) is 0 Å². The average molecular weight is 309 g/mol. The molecule has 1 aliphatic rings. The smallest absolute Gasteiger partial charge is 0.168 e.